The molecule has 0 heterocycles. The van der Waals surface area contributed by atoms with E-state index in [1.54, 1.807) is 0 Å². The summed E-state index contributed by atoms with van der Waals surface area (Å²) in [7, 11) is 0. The van der Waals surface area contributed by atoms with E-state index >= 15 is 0 Å². The zero-order valence-corrected chi connectivity index (χ0v) is 13.6. The summed E-state index contributed by atoms with van der Waals surface area (Å²) >= 11 is 3.86. The summed E-state index contributed by atoms with van der Waals surface area (Å²) in [5, 5.41) is 0. The lowest BCUT2D eigenvalue weighted by Crippen LogP contribution is -2.28. The molecule has 0 spiro atoms. The van der Waals surface area contributed by atoms with E-state index < -0.39 is 0 Å². The summed E-state index contributed by atoms with van der Waals surface area (Å²) in [4.78, 5) is 0.682. The molecule has 0 aromatic heterocycles. The third-order valence-electron chi connectivity index (χ3n) is 4.37. The Morgan fingerprint density at radius 2 is 1.95 bits per heavy atom. The summed E-state index contributed by atoms with van der Waals surface area (Å²) in [5.74, 6) is 3.47. The van der Waals surface area contributed by atoms with Crippen molar-refractivity contribution in [2.75, 3.05) is 6.61 Å². The molecule has 1 fully saturated rings. The molecule has 1 aliphatic rings. The van der Waals surface area contributed by atoms with Crippen molar-refractivity contribution in [2.24, 2.45) is 17.8 Å². The lowest BCUT2D eigenvalue weighted by molar-refractivity contribution is 0.189. The first kappa shape index (κ1) is 14.9. The summed E-state index contributed by atoms with van der Waals surface area (Å²) in [6.07, 6.45) is 5.21. The van der Waals surface area contributed by atoms with Gasteiger partial charge in [-0.3, -0.25) is 0 Å². The van der Waals surface area contributed by atoms with Gasteiger partial charge in [-0.2, -0.15) is 0 Å². The number of para-hydroxylation sites is 1. The van der Waals surface area contributed by atoms with E-state index in [0.717, 1.165) is 36.5 Å². The molecule has 0 N–H and O–H groups in total. The van der Waals surface area contributed by atoms with Gasteiger partial charge in [0.15, 0.2) is 0 Å². The van der Waals surface area contributed by atoms with Crippen LogP contribution in [0.15, 0.2) is 30.3 Å². The van der Waals surface area contributed by atoms with Crippen LogP contribution in [0.2, 0.25) is 0 Å². The zero-order valence-electron chi connectivity index (χ0n) is 12.0. The van der Waals surface area contributed by atoms with E-state index in [1.165, 1.54) is 19.3 Å². The smallest absolute Gasteiger partial charge is 0.119 e. The van der Waals surface area contributed by atoms with Crippen LogP contribution in [-0.2, 0) is 0 Å². The van der Waals surface area contributed by atoms with Crippen LogP contribution in [0, 0.1) is 17.8 Å². The van der Waals surface area contributed by atoms with Crippen LogP contribution in [0.25, 0.3) is 0 Å². The maximum Gasteiger partial charge on any atom is 0.119 e. The average Bonchev–Trinajstić information content (AvgIpc) is 2.42. The monoisotopic (exact) mass is 324 g/mol. The Morgan fingerprint density at radius 1 is 1.21 bits per heavy atom. The second-order valence-electron chi connectivity index (χ2n) is 6.04. The number of benzene rings is 1. The van der Waals surface area contributed by atoms with E-state index in [-0.39, 0.29) is 0 Å². The molecule has 0 saturated heterocycles. The SMILES string of the molecule is CC(C)C1CCC(Br)C(CCOc2ccccc2)C1. The fourth-order valence-electron chi connectivity index (χ4n) is 3.01. The molecule has 3 atom stereocenters. The maximum atomic E-state index is 5.83. The molecule has 0 aliphatic heterocycles. The first-order valence-electron chi connectivity index (χ1n) is 7.48. The van der Waals surface area contributed by atoms with E-state index in [4.69, 9.17) is 4.74 Å². The number of ether oxygens (including phenoxy) is 1. The van der Waals surface area contributed by atoms with Crippen molar-refractivity contribution < 1.29 is 4.74 Å². The van der Waals surface area contributed by atoms with Crippen LogP contribution < -0.4 is 4.74 Å². The molecule has 1 aromatic rings. The molecule has 106 valence electrons. The number of halogens is 1. The average molecular weight is 325 g/mol. The van der Waals surface area contributed by atoms with Crippen LogP contribution in [0.3, 0.4) is 0 Å². The van der Waals surface area contributed by atoms with Crippen molar-refractivity contribution in [1.29, 1.82) is 0 Å². The molecular weight excluding hydrogens is 300 g/mol. The minimum absolute atomic E-state index is 0.682. The van der Waals surface area contributed by atoms with Gasteiger partial charge in [0.05, 0.1) is 6.61 Å². The molecule has 1 aromatic carbocycles. The predicted octanol–water partition coefficient (Wildman–Crippen LogP) is 5.29. The van der Waals surface area contributed by atoms with Gasteiger partial charge in [0, 0.05) is 4.83 Å². The van der Waals surface area contributed by atoms with E-state index in [2.05, 4.69) is 29.8 Å². The van der Waals surface area contributed by atoms with Gasteiger partial charge in [-0.05, 0) is 55.6 Å². The maximum absolute atomic E-state index is 5.83. The molecule has 2 rings (SSSR count). The van der Waals surface area contributed by atoms with Gasteiger partial charge < -0.3 is 4.74 Å². The summed E-state index contributed by atoms with van der Waals surface area (Å²) in [6.45, 7) is 5.55. The molecule has 1 saturated carbocycles. The van der Waals surface area contributed by atoms with Crippen LogP contribution >= 0.6 is 15.9 Å². The molecule has 19 heavy (non-hydrogen) atoms. The highest BCUT2D eigenvalue weighted by molar-refractivity contribution is 9.09. The van der Waals surface area contributed by atoms with Gasteiger partial charge in [-0.1, -0.05) is 48.0 Å². The molecule has 1 nitrogen and oxygen atoms in total. The molecular formula is C17H25BrO. The third kappa shape index (κ3) is 4.52. The summed E-state index contributed by atoms with van der Waals surface area (Å²) < 4.78 is 5.83. The molecule has 1 aliphatic carbocycles. The molecule has 2 heteroatoms. The highest BCUT2D eigenvalue weighted by atomic mass is 79.9. The first-order chi connectivity index (χ1) is 9.16. The van der Waals surface area contributed by atoms with Gasteiger partial charge in [0.25, 0.3) is 0 Å². The first-order valence-corrected chi connectivity index (χ1v) is 8.40. The van der Waals surface area contributed by atoms with E-state index in [9.17, 15) is 0 Å². The molecule has 0 bridgehead atoms. The lowest BCUT2D eigenvalue weighted by Gasteiger charge is -2.35. The Labute approximate surface area is 125 Å². The Kier molecular flexibility index (Phi) is 5.75. The van der Waals surface area contributed by atoms with Gasteiger partial charge in [-0.15, -0.1) is 0 Å². The highest BCUT2D eigenvalue weighted by Crippen LogP contribution is 2.38. The third-order valence-corrected chi connectivity index (χ3v) is 5.58. The number of hydrogen-bond acceptors (Lipinski definition) is 1. The number of alkyl halides is 1. The van der Waals surface area contributed by atoms with Crippen molar-refractivity contribution in [3.63, 3.8) is 0 Å². The van der Waals surface area contributed by atoms with Crippen molar-refractivity contribution in [3.8, 4) is 5.75 Å². The molecule has 0 radical (unpaired) electrons. The second kappa shape index (κ2) is 7.33. The van der Waals surface area contributed by atoms with Crippen LogP contribution in [0.1, 0.15) is 39.5 Å². The van der Waals surface area contributed by atoms with Crippen molar-refractivity contribution in [1.82, 2.24) is 0 Å². The molecule has 0 amide bonds. The normalized spacial score (nSPS) is 27.5. The number of rotatable bonds is 5. The fraction of sp³-hybridized carbons (Fsp3) is 0.647. The van der Waals surface area contributed by atoms with Crippen molar-refractivity contribution in [3.05, 3.63) is 30.3 Å². The second-order valence-corrected chi connectivity index (χ2v) is 7.22. The Morgan fingerprint density at radius 3 is 2.63 bits per heavy atom. The topological polar surface area (TPSA) is 9.23 Å². The summed E-state index contributed by atoms with van der Waals surface area (Å²) in [5.41, 5.74) is 0. The fourth-order valence-corrected chi connectivity index (χ4v) is 3.76. The molecule has 3 unspecified atom stereocenters. The standard InChI is InChI=1S/C17H25BrO/c1-13(2)14-8-9-17(18)15(12-14)10-11-19-16-6-4-3-5-7-16/h3-7,13-15,17H,8-12H2,1-2H3. The van der Waals surface area contributed by atoms with Gasteiger partial charge in [0.2, 0.25) is 0 Å². The van der Waals surface area contributed by atoms with Gasteiger partial charge >= 0.3 is 0 Å². The van der Waals surface area contributed by atoms with Crippen LogP contribution in [0.4, 0.5) is 0 Å². The van der Waals surface area contributed by atoms with Crippen LogP contribution in [0.5, 0.6) is 5.75 Å². The van der Waals surface area contributed by atoms with Crippen LogP contribution in [-0.4, -0.2) is 11.4 Å². The largest absolute Gasteiger partial charge is 0.494 e. The van der Waals surface area contributed by atoms with Crippen molar-refractivity contribution >= 4 is 15.9 Å². The Balaban J connectivity index is 1.77. The minimum Gasteiger partial charge on any atom is -0.494 e. The predicted molar refractivity (Wildman–Crippen MR) is 84.9 cm³/mol. The lowest BCUT2D eigenvalue weighted by atomic mass is 9.75. The van der Waals surface area contributed by atoms with E-state index in [0.29, 0.717) is 4.83 Å². The minimum atomic E-state index is 0.682. The van der Waals surface area contributed by atoms with Gasteiger partial charge in [-0.25, -0.2) is 0 Å². The van der Waals surface area contributed by atoms with Crippen molar-refractivity contribution in [2.45, 2.75) is 44.4 Å². The Hall–Kier alpha value is -0.500. The number of hydrogen-bond donors (Lipinski definition) is 0. The summed E-state index contributed by atoms with van der Waals surface area (Å²) in [6, 6.07) is 10.1. The quantitative estimate of drug-likeness (QED) is 0.668. The van der Waals surface area contributed by atoms with E-state index in [1.807, 2.05) is 30.3 Å². The Bertz CT molecular complexity index is 363. The van der Waals surface area contributed by atoms with Gasteiger partial charge in [0.1, 0.15) is 5.75 Å². The highest BCUT2D eigenvalue weighted by Gasteiger charge is 2.29. The zero-order chi connectivity index (χ0) is 13.7.